The van der Waals surface area contributed by atoms with Crippen molar-refractivity contribution in [3.63, 3.8) is 0 Å². The molecule has 2 aromatic rings. The van der Waals surface area contributed by atoms with E-state index in [2.05, 4.69) is 34.7 Å². The first-order chi connectivity index (χ1) is 11.2. The van der Waals surface area contributed by atoms with Crippen molar-refractivity contribution in [1.82, 2.24) is 4.90 Å². The van der Waals surface area contributed by atoms with Crippen LogP contribution in [-0.2, 0) is 4.74 Å². The lowest BCUT2D eigenvalue weighted by Gasteiger charge is -2.31. The van der Waals surface area contributed by atoms with E-state index >= 15 is 0 Å². The highest BCUT2D eigenvalue weighted by Gasteiger charge is 2.19. The molecule has 0 fully saturated rings. The Balaban J connectivity index is 2.12. The molecule has 1 N–H and O–H groups in total. The van der Waals surface area contributed by atoms with E-state index in [1.54, 1.807) is 25.6 Å². The van der Waals surface area contributed by atoms with Crippen LogP contribution in [0, 0.1) is 0 Å². The molecule has 0 amide bonds. The summed E-state index contributed by atoms with van der Waals surface area (Å²) in [6.45, 7) is 3.50. The number of hydrogen-bond acceptors (Lipinski definition) is 4. The number of methoxy groups -OCH3 is 2. The average molecular weight is 351 g/mol. The number of nitrogens with one attached hydrogen (secondary N) is 1. The van der Waals surface area contributed by atoms with Gasteiger partial charge in [-0.25, -0.2) is 0 Å². The molecule has 0 saturated carbocycles. The molecule has 0 bridgehead atoms. The summed E-state index contributed by atoms with van der Waals surface area (Å²) in [4.78, 5) is 3.42. The lowest BCUT2D eigenvalue weighted by Crippen LogP contribution is -2.38. The van der Waals surface area contributed by atoms with Crippen LogP contribution in [0.3, 0.4) is 0 Å². The quantitative estimate of drug-likeness (QED) is 0.758. The maximum absolute atomic E-state index is 5.62. The molecule has 124 valence electrons. The molecule has 0 aliphatic rings. The van der Waals surface area contributed by atoms with E-state index in [1.807, 2.05) is 24.3 Å². The third-order valence-corrected chi connectivity index (χ3v) is 4.92. The van der Waals surface area contributed by atoms with Gasteiger partial charge in [-0.2, -0.15) is 0 Å². The summed E-state index contributed by atoms with van der Waals surface area (Å²) in [6, 6.07) is 12.1. The molecule has 0 spiro atoms. The molecule has 4 nitrogen and oxygen atoms in total. The molecule has 6 heteroatoms. The summed E-state index contributed by atoms with van der Waals surface area (Å²) in [5.74, 6) is 0.799. The van der Waals surface area contributed by atoms with Crippen molar-refractivity contribution in [2.45, 2.75) is 13.0 Å². The summed E-state index contributed by atoms with van der Waals surface area (Å²) in [5, 5.41) is 6.05. The first-order valence-electron chi connectivity index (χ1n) is 7.39. The fraction of sp³-hybridized carbons (Fsp3) is 0.353. The average Bonchev–Trinajstić information content (AvgIpc) is 3.09. The van der Waals surface area contributed by atoms with Crippen molar-refractivity contribution in [3.8, 4) is 5.75 Å². The number of benzene rings is 1. The molecule has 0 unspecified atom stereocenters. The molecular weight excluding hydrogens is 328 g/mol. The van der Waals surface area contributed by atoms with E-state index in [-0.39, 0.29) is 6.04 Å². The highest BCUT2D eigenvalue weighted by atomic mass is 32.1. The smallest absolute Gasteiger partial charge is 0.174 e. The minimum Gasteiger partial charge on any atom is -0.497 e. The number of ether oxygens (including phenoxy) is 2. The summed E-state index contributed by atoms with van der Waals surface area (Å²) < 4.78 is 10.5. The fourth-order valence-electron chi connectivity index (χ4n) is 2.24. The highest BCUT2D eigenvalue weighted by molar-refractivity contribution is 7.80. The number of nitrogens with zero attached hydrogens (tertiary/aromatic N) is 1. The first-order valence-corrected chi connectivity index (χ1v) is 8.68. The molecule has 0 saturated heterocycles. The van der Waals surface area contributed by atoms with Gasteiger partial charge in [0.2, 0.25) is 0 Å². The van der Waals surface area contributed by atoms with Gasteiger partial charge < -0.3 is 19.7 Å². The van der Waals surface area contributed by atoms with E-state index in [9.17, 15) is 0 Å². The van der Waals surface area contributed by atoms with Gasteiger partial charge in [0.1, 0.15) is 5.75 Å². The topological polar surface area (TPSA) is 33.7 Å². The van der Waals surface area contributed by atoms with E-state index in [0.29, 0.717) is 11.7 Å². The number of rotatable bonds is 7. The first kappa shape index (κ1) is 17.7. The van der Waals surface area contributed by atoms with E-state index in [4.69, 9.17) is 21.7 Å². The standard InChI is InChI=1S/C17H22N2O2S2/c1-13(16-8-5-11-23-16)19(9-10-20-2)17(22)18-14-6-4-7-15(12-14)21-3/h4-8,11-13H,9-10H2,1-3H3,(H,18,22)/t13-/m1/s1. The normalized spacial score (nSPS) is 11.8. The van der Waals surface area contributed by atoms with Crippen molar-refractivity contribution >= 4 is 34.4 Å². The van der Waals surface area contributed by atoms with Gasteiger partial charge in [-0.15, -0.1) is 11.3 Å². The zero-order valence-electron chi connectivity index (χ0n) is 13.6. The van der Waals surface area contributed by atoms with Gasteiger partial charge in [-0.1, -0.05) is 12.1 Å². The largest absolute Gasteiger partial charge is 0.497 e. The SMILES string of the molecule is COCCN(C(=S)Nc1cccc(OC)c1)[C@H](C)c1cccs1. The molecule has 1 atom stereocenters. The van der Waals surface area contributed by atoms with E-state index in [0.717, 1.165) is 18.0 Å². The lowest BCUT2D eigenvalue weighted by atomic mass is 10.2. The van der Waals surface area contributed by atoms with Crippen LogP contribution in [0.15, 0.2) is 41.8 Å². The Morgan fingerprint density at radius 2 is 2.13 bits per heavy atom. The van der Waals surface area contributed by atoms with Crippen molar-refractivity contribution in [2.24, 2.45) is 0 Å². The van der Waals surface area contributed by atoms with Crippen LogP contribution in [0.4, 0.5) is 5.69 Å². The summed E-state index contributed by atoms with van der Waals surface area (Å²) in [6.07, 6.45) is 0. The molecule has 0 aliphatic carbocycles. The van der Waals surface area contributed by atoms with E-state index < -0.39 is 0 Å². The monoisotopic (exact) mass is 350 g/mol. The molecule has 0 radical (unpaired) electrons. The van der Waals surface area contributed by atoms with Crippen molar-refractivity contribution in [2.75, 3.05) is 32.7 Å². The van der Waals surface area contributed by atoms with Gasteiger partial charge in [-0.05, 0) is 42.7 Å². The molecule has 1 aromatic carbocycles. The van der Waals surface area contributed by atoms with Gasteiger partial charge >= 0.3 is 0 Å². The molecule has 1 aromatic heterocycles. The van der Waals surface area contributed by atoms with Crippen LogP contribution in [-0.4, -0.2) is 37.4 Å². The second kappa shape index (κ2) is 8.86. The Hall–Kier alpha value is -1.63. The zero-order chi connectivity index (χ0) is 16.7. The van der Waals surface area contributed by atoms with Crippen LogP contribution in [0.2, 0.25) is 0 Å². The maximum atomic E-state index is 5.62. The van der Waals surface area contributed by atoms with Crippen LogP contribution in [0.5, 0.6) is 5.75 Å². The fourth-order valence-corrected chi connectivity index (χ4v) is 3.40. The Kier molecular flexibility index (Phi) is 6.83. The van der Waals surface area contributed by atoms with Gasteiger partial charge in [0.05, 0.1) is 19.8 Å². The number of hydrogen-bond donors (Lipinski definition) is 1. The summed E-state index contributed by atoms with van der Waals surface area (Å²) >= 11 is 7.36. The predicted molar refractivity (Wildman–Crippen MR) is 101 cm³/mol. The van der Waals surface area contributed by atoms with Crippen LogP contribution in [0.25, 0.3) is 0 Å². The molecule has 23 heavy (non-hydrogen) atoms. The van der Waals surface area contributed by atoms with E-state index in [1.165, 1.54) is 4.88 Å². The third-order valence-electron chi connectivity index (χ3n) is 3.54. The van der Waals surface area contributed by atoms with Crippen LogP contribution >= 0.6 is 23.6 Å². The molecular formula is C17H22N2O2S2. The van der Waals surface area contributed by atoms with Gasteiger partial charge in [-0.3, -0.25) is 0 Å². The minimum atomic E-state index is 0.191. The Morgan fingerprint density at radius 1 is 1.30 bits per heavy atom. The summed E-state index contributed by atoms with van der Waals surface area (Å²) in [7, 11) is 3.35. The molecule has 2 rings (SSSR count). The highest BCUT2D eigenvalue weighted by Crippen LogP contribution is 2.26. The molecule has 1 heterocycles. The summed E-state index contributed by atoms with van der Waals surface area (Å²) in [5.41, 5.74) is 0.912. The van der Waals surface area contributed by atoms with Crippen molar-refractivity contribution < 1.29 is 9.47 Å². The predicted octanol–water partition coefficient (Wildman–Crippen LogP) is 4.16. The van der Waals surface area contributed by atoms with Crippen molar-refractivity contribution in [1.29, 1.82) is 0 Å². The zero-order valence-corrected chi connectivity index (χ0v) is 15.2. The number of anilines is 1. The van der Waals surface area contributed by atoms with Gasteiger partial charge in [0, 0.05) is 30.3 Å². The number of thiophene rings is 1. The van der Waals surface area contributed by atoms with Crippen LogP contribution in [0.1, 0.15) is 17.8 Å². The van der Waals surface area contributed by atoms with Crippen molar-refractivity contribution in [3.05, 3.63) is 46.7 Å². The lowest BCUT2D eigenvalue weighted by molar-refractivity contribution is 0.166. The second-order valence-electron chi connectivity index (χ2n) is 5.04. The second-order valence-corrected chi connectivity index (χ2v) is 6.41. The Morgan fingerprint density at radius 3 is 2.78 bits per heavy atom. The third kappa shape index (κ3) is 4.92. The van der Waals surface area contributed by atoms with Crippen LogP contribution < -0.4 is 10.1 Å². The Labute approximate surface area is 147 Å². The van der Waals surface area contributed by atoms with Gasteiger partial charge in [0.15, 0.2) is 5.11 Å². The Bertz CT molecular complexity index is 617. The number of thiocarbonyl (C=S) groups is 1. The minimum absolute atomic E-state index is 0.191. The molecule has 0 aliphatic heterocycles. The maximum Gasteiger partial charge on any atom is 0.174 e. The van der Waals surface area contributed by atoms with Gasteiger partial charge in [0.25, 0.3) is 0 Å².